The predicted molar refractivity (Wildman–Crippen MR) is 62.8 cm³/mol. The van der Waals surface area contributed by atoms with Gasteiger partial charge in [-0.25, -0.2) is 0 Å². The van der Waals surface area contributed by atoms with Crippen molar-refractivity contribution in [2.75, 3.05) is 0 Å². The van der Waals surface area contributed by atoms with Crippen LogP contribution in [-0.4, -0.2) is 0 Å². The predicted octanol–water partition coefficient (Wildman–Crippen LogP) is 3.14. The lowest BCUT2D eigenvalue weighted by Gasteiger charge is -2.12. The van der Waals surface area contributed by atoms with Gasteiger partial charge in [-0.1, -0.05) is 18.2 Å². The van der Waals surface area contributed by atoms with Gasteiger partial charge in [-0.15, -0.1) is 12.4 Å². The Hall–Kier alpha value is -0.530. The number of halogens is 1. The molecule has 0 spiro atoms. The van der Waals surface area contributed by atoms with E-state index in [1.54, 1.807) is 0 Å². The summed E-state index contributed by atoms with van der Waals surface area (Å²) in [6.45, 7) is 4.29. The molecule has 1 saturated carbocycles. The third-order valence-corrected chi connectivity index (χ3v) is 3.05. The molecule has 0 aromatic heterocycles. The average Bonchev–Trinajstić information content (AvgIpc) is 2.91. The highest BCUT2D eigenvalue weighted by atomic mass is 35.5. The molecule has 1 aliphatic rings. The Labute approximate surface area is 92.1 Å². The first-order valence-electron chi connectivity index (χ1n) is 5.01. The zero-order chi connectivity index (χ0) is 9.42. The molecule has 2 rings (SSSR count). The van der Waals surface area contributed by atoms with Crippen LogP contribution in [0.4, 0.5) is 0 Å². The first-order chi connectivity index (χ1) is 6.18. The fourth-order valence-electron chi connectivity index (χ4n) is 1.70. The maximum Gasteiger partial charge on any atom is 0.0323 e. The Morgan fingerprint density at radius 2 is 1.86 bits per heavy atom. The highest BCUT2D eigenvalue weighted by Gasteiger charge is 2.29. The Balaban J connectivity index is 0.000000980. The Morgan fingerprint density at radius 1 is 1.21 bits per heavy atom. The first kappa shape index (κ1) is 11.5. The van der Waals surface area contributed by atoms with Gasteiger partial charge in [-0.3, -0.25) is 0 Å². The van der Waals surface area contributed by atoms with Crippen molar-refractivity contribution in [1.82, 2.24) is 0 Å². The van der Waals surface area contributed by atoms with Crippen LogP contribution in [0.1, 0.15) is 35.6 Å². The molecule has 1 aromatic carbocycles. The standard InChI is InChI=1S/C12H17N.ClH/c1-8-3-4-11(7-9(8)2)12(13)10-5-6-10;/h3-4,7,10,12H,5-6,13H2,1-2H3;1H/t12-;/m1./s1. The van der Waals surface area contributed by atoms with Gasteiger partial charge in [0.2, 0.25) is 0 Å². The molecular formula is C12H18ClN. The first-order valence-corrected chi connectivity index (χ1v) is 5.01. The van der Waals surface area contributed by atoms with Crippen molar-refractivity contribution in [3.63, 3.8) is 0 Å². The summed E-state index contributed by atoms with van der Waals surface area (Å²) in [6.07, 6.45) is 2.63. The zero-order valence-electron chi connectivity index (χ0n) is 8.79. The SMILES string of the molecule is Cc1ccc([C@H](N)C2CC2)cc1C.Cl. The number of aryl methyl sites for hydroxylation is 2. The van der Waals surface area contributed by atoms with Crippen molar-refractivity contribution in [3.8, 4) is 0 Å². The van der Waals surface area contributed by atoms with Crippen LogP contribution in [0.15, 0.2) is 18.2 Å². The van der Waals surface area contributed by atoms with Crippen molar-refractivity contribution in [3.05, 3.63) is 34.9 Å². The molecule has 1 aliphatic carbocycles. The smallest absolute Gasteiger partial charge is 0.0323 e. The summed E-state index contributed by atoms with van der Waals surface area (Å²) in [7, 11) is 0. The highest BCUT2D eigenvalue weighted by molar-refractivity contribution is 5.85. The zero-order valence-corrected chi connectivity index (χ0v) is 9.60. The molecule has 0 heterocycles. The van der Waals surface area contributed by atoms with Gasteiger partial charge in [0.05, 0.1) is 0 Å². The van der Waals surface area contributed by atoms with Crippen molar-refractivity contribution in [1.29, 1.82) is 0 Å². The van der Waals surface area contributed by atoms with Crippen molar-refractivity contribution < 1.29 is 0 Å². The van der Waals surface area contributed by atoms with Gasteiger partial charge in [0.15, 0.2) is 0 Å². The van der Waals surface area contributed by atoms with E-state index in [0.29, 0.717) is 0 Å². The minimum absolute atomic E-state index is 0. The van der Waals surface area contributed by atoms with Crippen LogP contribution in [0.2, 0.25) is 0 Å². The van der Waals surface area contributed by atoms with E-state index >= 15 is 0 Å². The summed E-state index contributed by atoms with van der Waals surface area (Å²) < 4.78 is 0. The fourth-order valence-corrected chi connectivity index (χ4v) is 1.70. The number of rotatable bonds is 2. The topological polar surface area (TPSA) is 26.0 Å². The van der Waals surface area contributed by atoms with Gasteiger partial charge in [0.1, 0.15) is 0 Å². The molecule has 0 unspecified atom stereocenters. The number of hydrogen-bond donors (Lipinski definition) is 1. The number of nitrogens with two attached hydrogens (primary N) is 1. The van der Waals surface area contributed by atoms with E-state index in [0.717, 1.165) is 5.92 Å². The van der Waals surface area contributed by atoms with Crippen molar-refractivity contribution in [2.24, 2.45) is 11.7 Å². The third-order valence-electron chi connectivity index (χ3n) is 3.05. The Morgan fingerprint density at radius 3 is 2.36 bits per heavy atom. The van der Waals surface area contributed by atoms with Gasteiger partial charge < -0.3 is 5.73 Å². The maximum absolute atomic E-state index is 6.12. The van der Waals surface area contributed by atoms with Crippen LogP contribution >= 0.6 is 12.4 Å². The molecule has 1 fully saturated rings. The van der Waals surface area contributed by atoms with Gasteiger partial charge in [-0.2, -0.15) is 0 Å². The lowest BCUT2D eigenvalue weighted by atomic mass is 9.99. The van der Waals surface area contributed by atoms with Gasteiger partial charge in [-0.05, 0) is 49.3 Å². The lowest BCUT2D eigenvalue weighted by molar-refractivity contribution is 0.633. The molecule has 0 aliphatic heterocycles. The molecule has 2 heteroatoms. The van der Waals surface area contributed by atoms with Gasteiger partial charge >= 0.3 is 0 Å². The second kappa shape index (κ2) is 4.33. The lowest BCUT2D eigenvalue weighted by Crippen LogP contribution is -2.12. The van der Waals surface area contributed by atoms with Crippen LogP contribution in [0.5, 0.6) is 0 Å². The monoisotopic (exact) mass is 211 g/mol. The molecule has 1 nitrogen and oxygen atoms in total. The van der Waals surface area contributed by atoms with E-state index in [1.165, 1.54) is 29.5 Å². The van der Waals surface area contributed by atoms with Crippen LogP contribution in [0, 0.1) is 19.8 Å². The molecule has 14 heavy (non-hydrogen) atoms. The molecule has 1 atom stereocenters. The summed E-state index contributed by atoms with van der Waals surface area (Å²) in [5, 5.41) is 0. The Bertz CT molecular complexity index is 318. The molecule has 0 saturated heterocycles. The molecule has 0 bridgehead atoms. The van der Waals surface area contributed by atoms with Crippen LogP contribution < -0.4 is 5.73 Å². The van der Waals surface area contributed by atoms with E-state index < -0.39 is 0 Å². The van der Waals surface area contributed by atoms with E-state index in [1.807, 2.05) is 0 Å². The second-order valence-corrected chi connectivity index (χ2v) is 4.21. The van der Waals surface area contributed by atoms with Gasteiger partial charge in [0.25, 0.3) is 0 Å². The fraction of sp³-hybridized carbons (Fsp3) is 0.500. The average molecular weight is 212 g/mol. The van der Waals surface area contributed by atoms with Crippen molar-refractivity contribution in [2.45, 2.75) is 32.7 Å². The minimum Gasteiger partial charge on any atom is -0.324 e. The summed E-state index contributed by atoms with van der Waals surface area (Å²) in [5.74, 6) is 0.752. The minimum atomic E-state index is 0. The van der Waals surface area contributed by atoms with Crippen molar-refractivity contribution >= 4 is 12.4 Å². The highest BCUT2D eigenvalue weighted by Crippen LogP contribution is 2.39. The number of benzene rings is 1. The van der Waals surface area contributed by atoms with Crippen LogP contribution in [-0.2, 0) is 0 Å². The molecule has 78 valence electrons. The largest absolute Gasteiger partial charge is 0.324 e. The van der Waals surface area contributed by atoms with E-state index in [2.05, 4.69) is 32.0 Å². The van der Waals surface area contributed by atoms with Crippen LogP contribution in [0.3, 0.4) is 0 Å². The normalized spacial score (nSPS) is 17.4. The van der Waals surface area contributed by atoms with E-state index in [4.69, 9.17) is 5.73 Å². The Kier molecular flexibility index (Phi) is 3.57. The second-order valence-electron chi connectivity index (χ2n) is 4.21. The summed E-state index contributed by atoms with van der Waals surface area (Å²) >= 11 is 0. The van der Waals surface area contributed by atoms with Crippen LogP contribution in [0.25, 0.3) is 0 Å². The summed E-state index contributed by atoms with van der Waals surface area (Å²) in [6, 6.07) is 6.86. The molecule has 1 aromatic rings. The molecule has 0 radical (unpaired) electrons. The maximum atomic E-state index is 6.12. The third kappa shape index (κ3) is 2.28. The summed E-state index contributed by atoms with van der Waals surface area (Å²) in [5.41, 5.74) is 10.1. The molecular weight excluding hydrogens is 194 g/mol. The quantitative estimate of drug-likeness (QED) is 0.799. The van der Waals surface area contributed by atoms with E-state index in [9.17, 15) is 0 Å². The summed E-state index contributed by atoms with van der Waals surface area (Å²) in [4.78, 5) is 0. The van der Waals surface area contributed by atoms with E-state index in [-0.39, 0.29) is 18.4 Å². The molecule has 0 amide bonds. The number of hydrogen-bond acceptors (Lipinski definition) is 1. The van der Waals surface area contributed by atoms with Gasteiger partial charge in [0, 0.05) is 6.04 Å². The molecule has 2 N–H and O–H groups in total.